The quantitative estimate of drug-likeness (QED) is 0.681. The molecule has 1 aliphatic carbocycles. The molecule has 28 heavy (non-hydrogen) atoms. The van der Waals surface area contributed by atoms with Crippen molar-refractivity contribution in [3.8, 4) is 11.5 Å². The van der Waals surface area contributed by atoms with Gasteiger partial charge in [0.1, 0.15) is 11.5 Å². The third kappa shape index (κ3) is 4.85. The Kier molecular flexibility index (Phi) is 6.58. The van der Waals surface area contributed by atoms with Gasteiger partial charge in [-0.05, 0) is 73.6 Å². The Morgan fingerprint density at radius 2 is 1.82 bits per heavy atom. The summed E-state index contributed by atoms with van der Waals surface area (Å²) in [4.78, 5) is 12.2. The van der Waals surface area contributed by atoms with Gasteiger partial charge in [0.25, 0.3) is 0 Å². The van der Waals surface area contributed by atoms with Crippen LogP contribution in [0.4, 0.5) is 0 Å². The first-order chi connectivity index (χ1) is 13.6. The number of hydrazine groups is 1. The summed E-state index contributed by atoms with van der Waals surface area (Å²) in [5.74, 6) is 1.72. The van der Waals surface area contributed by atoms with Gasteiger partial charge >= 0.3 is 0 Å². The molecule has 1 amide bonds. The fraction of sp³-hybridized carbons (Fsp3) is 0.348. The lowest BCUT2D eigenvalue weighted by Crippen LogP contribution is -2.36. The van der Waals surface area contributed by atoms with Crippen molar-refractivity contribution in [1.29, 1.82) is 0 Å². The van der Waals surface area contributed by atoms with E-state index in [9.17, 15) is 4.79 Å². The molecule has 0 heterocycles. The third-order valence-electron chi connectivity index (χ3n) is 5.02. The molecule has 0 unspecified atom stereocenters. The van der Waals surface area contributed by atoms with Gasteiger partial charge in [-0.1, -0.05) is 18.2 Å². The smallest absolute Gasteiger partial charge is 0.238 e. The lowest BCUT2D eigenvalue weighted by Gasteiger charge is -2.22. The fourth-order valence-electron chi connectivity index (χ4n) is 3.56. The molecule has 0 aliphatic heterocycles. The number of rotatable bonds is 8. The van der Waals surface area contributed by atoms with E-state index in [1.165, 1.54) is 11.1 Å². The second kappa shape index (κ2) is 9.31. The standard InChI is InChI=1S/C23H28N2O3/c1-16-14-20(28-3)15-18-7-5-8-21(23(16)18)24-25-22(26)9-4-6-17-10-12-19(27-2)13-11-17/h8,10-15,24H,4-7,9H2,1-3H3,(H,25,26). The number of amides is 1. The Morgan fingerprint density at radius 3 is 2.54 bits per heavy atom. The number of nitrogens with one attached hydrogen (secondary N) is 2. The van der Waals surface area contributed by atoms with Gasteiger partial charge in [-0.3, -0.25) is 15.6 Å². The average Bonchev–Trinajstić information content (AvgIpc) is 2.72. The topological polar surface area (TPSA) is 59.6 Å². The van der Waals surface area contributed by atoms with Gasteiger partial charge in [-0.25, -0.2) is 0 Å². The number of fused-ring (bicyclic) bond motifs is 1. The van der Waals surface area contributed by atoms with Crippen LogP contribution in [0.5, 0.6) is 11.5 Å². The normalized spacial score (nSPS) is 12.6. The van der Waals surface area contributed by atoms with E-state index in [1.54, 1.807) is 14.2 Å². The van der Waals surface area contributed by atoms with Crippen molar-refractivity contribution in [2.45, 2.75) is 39.0 Å². The van der Waals surface area contributed by atoms with E-state index in [4.69, 9.17) is 9.47 Å². The molecule has 1 aliphatic rings. The van der Waals surface area contributed by atoms with Gasteiger partial charge in [0.2, 0.25) is 5.91 Å². The molecule has 0 fully saturated rings. The van der Waals surface area contributed by atoms with Crippen molar-refractivity contribution in [2.24, 2.45) is 0 Å². The zero-order valence-corrected chi connectivity index (χ0v) is 16.8. The van der Waals surface area contributed by atoms with Crippen LogP contribution in [-0.2, 0) is 17.6 Å². The van der Waals surface area contributed by atoms with Gasteiger partial charge < -0.3 is 9.47 Å². The Balaban J connectivity index is 1.50. The number of hydrogen-bond donors (Lipinski definition) is 2. The molecule has 2 aromatic carbocycles. The number of hydrogen-bond acceptors (Lipinski definition) is 4. The highest BCUT2D eigenvalue weighted by molar-refractivity contribution is 5.78. The molecule has 3 rings (SSSR count). The van der Waals surface area contributed by atoms with E-state index in [2.05, 4.69) is 29.9 Å². The first-order valence-corrected chi connectivity index (χ1v) is 9.66. The molecule has 0 atom stereocenters. The fourth-order valence-corrected chi connectivity index (χ4v) is 3.56. The van der Waals surface area contributed by atoms with Gasteiger partial charge in [0, 0.05) is 12.0 Å². The van der Waals surface area contributed by atoms with Crippen LogP contribution < -0.4 is 20.3 Å². The largest absolute Gasteiger partial charge is 0.497 e. The lowest BCUT2D eigenvalue weighted by atomic mass is 9.91. The second-order valence-corrected chi connectivity index (χ2v) is 7.01. The number of carbonyl (C=O) groups excluding carboxylic acids is 1. The molecular weight excluding hydrogens is 352 g/mol. The van der Waals surface area contributed by atoms with Gasteiger partial charge in [-0.2, -0.15) is 0 Å². The minimum Gasteiger partial charge on any atom is -0.497 e. The summed E-state index contributed by atoms with van der Waals surface area (Å²) in [5, 5.41) is 0. The molecule has 2 aromatic rings. The summed E-state index contributed by atoms with van der Waals surface area (Å²) in [6.07, 6.45) is 6.19. The first kappa shape index (κ1) is 19.8. The van der Waals surface area contributed by atoms with Crippen molar-refractivity contribution in [2.75, 3.05) is 14.2 Å². The predicted molar refractivity (Wildman–Crippen MR) is 111 cm³/mol. The summed E-state index contributed by atoms with van der Waals surface area (Å²) in [5.41, 5.74) is 11.7. The average molecular weight is 380 g/mol. The van der Waals surface area contributed by atoms with E-state index >= 15 is 0 Å². The van der Waals surface area contributed by atoms with Crippen molar-refractivity contribution in [1.82, 2.24) is 10.9 Å². The van der Waals surface area contributed by atoms with E-state index in [0.717, 1.165) is 54.0 Å². The SMILES string of the molecule is COc1ccc(CCCC(=O)NNC2=CCCc3cc(OC)cc(C)c32)cc1. The molecule has 148 valence electrons. The summed E-state index contributed by atoms with van der Waals surface area (Å²) >= 11 is 0. The number of aryl methyl sites for hydroxylation is 3. The Hall–Kier alpha value is -2.95. The van der Waals surface area contributed by atoms with Crippen LogP contribution in [-0.4, -0.2) is 20.1 Å². The Morgan fingerprint density at radius 1 is 1.07 bits per heavy atom. The monoisotopic (exact) mass is 380 g/mol. The van der Waals surface area contributed by atoms with Gasteiger partial charge in [-0.15, -0.1) is 0 Å². The highest BCUT2D eigenvalue weighted by Crippen LogP contribution is 2.31. The summed E-state index contributed by atoms with van der Waals surface area (Å²) in [6.45, 7) is 2.07. The number of methoxy groups -OCH3 is 2. The van der Waals surface area contributed by atoms with Gasteiger partial charge in [0.05, 0.1) is 19.9 Å². The summed E-state index contributed by atoms with van der Waals surface area (Å²) in [7, 11) is 3.34. The molecule has 0 saturated carbocycles. The van der Waals surface area contributed by atoms with E-state index in [-0.39, 0.29) is 5.91 Å². The number of ether oxygens (including phenoxy) is 2. The molecule has 5 heteroatoms. The molecule has 2 N–H and O–H groups in total. The highest BCUT2D eigenvalue weighted by atomic mass is 16.5. The van der Waals surface area contributed by atoms with Crippen LogP contribution in [0.2, 0.25) is 0 Å². The first-order valence-electron chi connectivity index (χ1n) is 9.66. The molecule has 0 spiro atoms. The summed E-state index contributed by atoms with van der Waals surface area (Å²) in [6, 6.07) is 12.1. The number of benzene rings is 2. The van der Waals surface area contributed by atoms with E-state index in [0.29, 0.717) is 6.42 Å². The lowest BCUT2D eigenvalue weighted by molar-refractivity contribution is -0.121. The van der Waals surface area contributed by atoms with Crippen molar-refractivity contribution in [3.63, 3.8) is 0 Å². The van der Waals surface area contributed by atoms with E-state index < -0.39 is 0 Å². The van der Waals surface area contributed by atoms with Crippen LogP contribution in [0.3, 0.4) is 0 Å². The third-order valence-corrected chi connectivity index (χ3v) is 5.02. The summed E-state index contributed by atoms with van der Waals surface area (Å²) < 4.78 is 10.5. The van der Waals surface area contributed by atoms with Crippen LogP contribution in [0.25, 0.3) is 5.70 Å². The maximum atomic E-state index is 12.2. The Bertz CT molecular complexity index is 857. The van der Waals surface area contributed by atoms with Crippen LogP contribution >= 0.6 is 0 Å². The molecule has 0 bridgehead atoms. The van der Waals surface area contributed by atoms with Crippen molar-refractivity contribution >= 4 is 11.6 Å². The van der Waals surface area contributed by atoms with Crippen LogP contribution in [0, 0.1) is 6.92 Å². The molecule has 0 aromatic heterocycles. The molecular formula is C23H28N2O3. The minimum atomic E-state index is -0.00676. The maximum absolute atomic E-state index is 12.2. The second-order valence-electron chi connectivity index (χ2n) is 7.01. The molecule has 5 nitrogen and oxygen atoms in total. The maximum Gasteiger partial charge on any atom is 0.238 e. The van der Waals surface area contributed by atoms with Gasteiger partial charge in [0.15, 0.2) is 0 Å². The predicted octanol–water partition coefficient (Wildman–Crippen LogP) is 3.94. The molecule has 0 saturated heterocycles. The van der Waals surface area contributed by atoms with E-state index in [1.807, 2.05) is 30.3 Å². The van der Waals surface area contributed by atoms with Crippen molar-refractivity contribution in [3.05, 3.63) is 64.7 Å². The number of allylic oxidation sites excluding steroid dienone is 1. The van der Waals surface area contributed by atoms with Crippen molar-refractivity contribution < 1.29 is 14.3 Å². The Labute approximate surface area is 166 Å². The zero-order valence-electron chi connectivity index (χ0n) is 16.8. The number of carbonyl (C=O) groups is 1. The zero-order chi connectivity index (χ0) is 19.9. The minimum absolute atomic E-state index is 0.00676. The highest BCUT2D eigenvalue weighted by Gasteiger charge is 2.17. The van der Waals surface area contributed by atoms with Crippen LogP contribution in [0.15, 0.2) is 42.5 Å². The molecule has 0 radical (unpaired) electrons. The van der Waals surface area contributed by atoms with Crippen LogP contribution in [0.1, 0.15) is 41.5 Å².